The minimum absolute atomic E-state index is 0.264. The van der Waals surface area contributed by atoms with Crippen molar-refractivity contribution in [1.82, 2.24) is 29.3 Å². The van der Waals surface area contributed by atoms with Crippen molar-refractivity contribution >= 4 is 28.9 Å². The van der Waals surface area contributed by atoms with Crippen LogP contribution in [0.15, 0.2) is 78.2 Å². The van der Waals surface area contributed by atoms with Crippen molar-refractivity contribution in [3.8, 4) is 11.8 Å². The Kier molecular flexibility index (Phi) is 6.94. The summed E-state index contributed by atoms with van der Waals surface area (Å²) in [5.74, 6) is 0.147. The number of hydrogen-bond donors (Lipinski definition) is 0. The zero-order valence-corrected chi connectivity index (χ0v) is 20.7. The predicted octanol–water partition coefficient (Wildman–Crippen LogP) is 4.54. The molecular weight excluding hydrogens is 476 g/mol. The van der Waals surface area contributed by atoms with E-state index in [-0.39, 0.29) is 12.6 Å². The fraction of sp³-hybridized carbons (Fsp3) is 0.192. The van der Waals surface area contributed by atoms with Crippen LogP contribution in [0.3, 0.4) is 0 Å². The van der Waals surface area contributed by atoms with Gasteiger partial charge >= 0.3 is 5.97 Å². The van der Waals surface area contributed by atoms with Gasteiger partial charge in [-0.05, 0) is 36.4 Å². The Morgan fingerprint density at radius 3 is 2.58 bits per heavy atom. The molecule has 10 heteroatoms. The van der Waals surface area contributed by atoms with Gasteiger partial charge in [0, 0.05) is 11.1 Å². The lowest BCUT2D eigenvalue weighted by molar-refractivity contribution is 0.0526. The Hall–Kier alpha value is -4.18. The summed E-state index contributed by atoms with van der Waals surface area (Å²) in [5, 5.41) is 4.28. The molecule has 3 heterocycles. The van der Waals surface area contributed by atoms with Gasteiger partial charge in [-0.1, -0.05) is 42.5 Å². The van der Waals surface area contributed by atoms with Crippen LogP contribution in [0.2, 0.25) is 0 Å². The highest BCUT2D eigenvalue weighted by Crippen LogP contribution is 2.25. The van der Waals surface area contributed by atoms with Crippen LogP contribution in [0, 0.1) is 0 Å². The van der Waals surface area contributed by atoms with E-state index in [4.69, 9.17) is 14.5 Å². The molecule has 0 saturated carbocycles. The van der Waals surface area contributed by atoms with Gasteiger partial charge in [0.05, 0.1) is 31.2 Å². The first-order valence-corrected chi connectivity index (χ1v) is 12.6. The lowest BCUT2D eigenvalue weighted by Gasteiger charge is -2.10. The summed E-state index contributed by atoms with van der Waals surface area (Å²) < 4.78 is 14.5. The van der Waals surface area contributed by atoms with E-state index in [9.17, 15) is 4.79 Å². The van der Waals surface area contributed by atoms with Crippen LogP contribution in [-0.4, -0.2) is 48.1 Å². The molecule has 0 amide bonds. The maximum Gasteiger partial charge on any atom is 0.341 e. The lowest BCUT2D eigenvalue weighted by Crippen LogP contribution is -2.08. The van der Waals surface area contributed by atoms with Gasteiger partial charge in [-0.15, -0.1) is 11.8 Å². The van der Waals surface area contributed by atoms with E-state index >= 15 is 0 Å². The van der Waals surface area contributed by atoms with Crippen molar-refractivity contribution in [1.29, 1.82) is 0 Å². The summed E-state index contributed by atoms with van der Waals surface area (Å²) in [5.41, 5.74) is 3.58. The number of carbonyl (C=O) groups is 1. The number of rotatable bonds is 9. The summed E-state index contributed by atoms with van der Waals surface area (Å²) in [7, 11) is 0. The van der Waals surface area contributed by atoms with Crippen molar-refractivity contribution in [2.24, 2.45) is 0 Å². The van der Waals surface area contributed by atoms with Gasteiger partial charge in [-0.3, -0.25) is 0 Å². The van der Waals surface area contributed by atoms with E-state index in [0.717, 1.165) is 11.1 Å². The van der Waals surface area contributed by atoms with Gasteiger partial charge in [0.15, 0.2) is 11.2 Å². The fourth-order valence-electron chi connectivity index (χ4n) is 3.63. The first kappa shape index (κ1) is 23.6. The number of imidazole rings is 1. The first-order valence-electron chi connectivity index (χ1n) is 11.4. The van der Waals surface area contributed by atoms with Gasteiger partial charge in [0.25, 0.3) is 5.95 Å². The fourth-order valence-corrected chi connectivity index (χ4v) is 4.04. The molecule has 0 aliphatic rings. The standard InChI is InChI=1S/C26H24N6O3S/c1-3-34-25(33)20-13-28-32(15-20)26-29-23-22(24(30-26)35-16-19-7-5-4-6-8-19)27-17-31(23)14-18-9-11-21(36-2)12-10-18/h4-13,15,17H,3,14,16H2,1-2H3. The second kappa shape index (κ2) is 10.6. The molecule has 9 nitrogen and oxygen atoms in total. The number of benzene rings is 2. The molecule has 0 aliphatic carbocycles. The lowest BCUT2D eigenvalue weighted by atomic mass is 10.2. The Bertz CT molecular complexity index is 1480. The molecule has 5 rings (SSSR count). The third kappa shape index (κ3) is 5.08. The molecule has 5 aromatic rings. The zero-order valence-electron chi connectivity index (χ0n) is 19.9. The molecule has 0 N–H and O–H groups in total. The summed E-state index contributed by atoms with van der Waals surface area (Å²) in [6.45, 7) is 2.93. The zero-order chi connectivity index (χ0) is 24.9. The monoisotopic (exact) mass is 500 g/mol. The molecule has 0 fully saturated rings. The normalized spacial score (nSPS) is 11.1. The van der Waals surface area contributed by atoms with Crippen LogP contribution < -0.4 is 4.74 Å². The Labute approximate surface area is 212 Å². The Morgan fingerprint density at radius 1 is 1.03 bits per heavy atom. The molecule has 0 saturated heterocycles. The van der Waals surface area contributed by atoms with E-state index in [1.807, 2.05) is 34.9 Å². The number of aromatic nitrogens is 6. The maximum atomic E-state index is 12.1. The van der Waals surface area contributed by atoms with Crippen molar-refractivity contribution < 1.29 is 14.3 Å². The van der Waals surface area contributed by atoms with Gasteiger partial charge in [-0.2, -0.15) is 15.1 Å². The molecule has 0 aliphatic heterocycles. The predicted molar refractivity (Wildman–Crippen MR) is 137 cm³/mol. The van der Waals surface area contributed by atoms with Crippen molar-refractivity contribution in [3.05, 3.63) is 90.0 Å². The van der Waals surface area contributed by atoms with Crippen LogP contribution >= 0.6 is 11.8 Å². The van der Waals surface area contributed by atoms with E-state index < -0.39 is 5.97 Å². The largest absolute Gasteiger partial charge is 0.471 e. The van der Waals surface area contributed by atoms with Crippen LogP contribution in [0.5, 0.6) is 5.88 Å². The van der Waals surface area contributed by atoms with Gasteiger partial charge in [0.1, 0.15) is 6.61 Å². The molecule has 0 bridgehead atoms. The van der Waals surface area contributed by atoms with Crippen LogP contribution in [0.4, 0.5) is 0 Å². The molecule has 2 aromatic carbocycles. The number of ether oxygens (including phenoxy) is 2. The molecule has 36 heavy (non-hydrogen) atoms. The number of fused-ring (bicyclic) bond motifs is 1. The number of hydrogen-bond acceptors (Lipinski definition) is 8. The molecule has 182 valence electrons. The number of thioether (sulfide) groups is 1. The average Bonchev–Trinajstić information content (AvgIpc) is 3.57. The molecule has 3 aromatic heterocycles. The highest BCUT2D eigenvalue weighted by atomic mass is 32.2. The van der Waals surface area contributed by atoms with E-state index in [0.29, 0.717) is 35.8 Å². The average molecular weight is 501 g/mol. The van der Waals surface area contributed by atoms with Gasteiger partial charge in [0.2, 0.25) is 5.88 Å². The minimum atomic E-state index is -0.455. The van der Waals surface area contributed by atoms with E-state index in [1.54, 1.807) is 31.2 Å². The van der Waals surface area contributed by atoms with Gasteiger partial charge in [-0.25, -0.2) is 14.5 Å². The summed E-state index contributed by atoms with van der Waals surface area (Å²) in [6.07, 6.45) is 6.76. The summed E-state index contributed by atoms with van der Waals surface area (Å²) >= 11 is 1.70. The third-order valence-electron chi connectivity index (χ3n) is 5.45. The summed E-state index contributed by atoms with van der Waals surface area (Å²) in [4.78, 5) is 27.2. The highest BCUT2D eigenvalue weighted by molar-refractivity contribution is 7.98. The number of carbonyl (C=O) groups excluding carboxylic acids is 1. The molecule has 0 unspecified atom stereocenters. The Morgan fingerprint density at radius 2 is 1.83 bits per heavy atom. The van der Waals surface area contributed by atoms with Crippen molar-refractivity contribution in [2.45, 2.75) is 25.0 Å². The summed E-state index contributed by atoms with van der Waals surface area (Å²) in [6, 6.07) is 18.2. The van der Waals surface area contributed by atoms with Gasteiger partial charge < -0.3 is 14.0 Å². The number of esters is 1. The second-order valence-electron chi connectivity index (χ2n) is 7.89. The Balaban J connectivity index is 1.53. The second-order valence-corrected chi connectivity index (χ2v) is 8.77. The number of nitrogens with zero attached hydrogens (tertiary/aromatic N) is 6. The SMILES string of the molecule is CCOC(=O)c1cnn(-c2nc(OCc3ccccc3)c3ncn(Cc4ccc(SC)cc4)c3n2)c1. The van der Waals surface area contributed by atoms with Crippen LogP contribution in [0.1, 0.15) is 28.4 Å². The molecule has 0 atom stereocenters. The van der Waals surface area contributed by atoms with E-state index in [2.05, 4.69) is 45.6 Å². The quantitative estimate of drug-likeness (QED) is 0.215. The maximum absolute atomic E-state index is 12.1. The van der Waals surface area contributed by atoms with Crippen molar-refractivity contribution in [2.75, 3.05) is 12.9 Å². The van der Waals surface area contributed by atoms with E-state index in [1.165, 1.54) is 15.8 Å². The molecular formula is C26H24N6O3S. The third-order valence-corrected chi connectivity index (χ3v) is 6.19. The molecule has 0 spiro atoms. The van der Waals surface area contributed by atoms with Crippen LogP contribution in [-0.2, 0) is 17.9 Å². The first-order chi connectivity index (χ1) is 17.6. The molecule has 0 radical (unpaired) electrons. The minimum Gasteiger partial charge on any atom is -0.471 e. The smallest absolute Gasteiger partial charge is 0.341 e. The topological polar surface area (TPSA) is 97.0 Å². The van der Waals surface area contributed by atoms with Crippen LogP contribution in [0.25, 0.3) is 17.1 Å². The van der Waals surface area contributed by atoms with Crippen molar-refractivity contribution in [3.63, 3.8) is 0 Å². The highest BCUT2D eigenvalue weighted by Gasteiger charge is 2.18.